The minimum absolute atomic E-state index is 0.0197. The lowest BCUT2D eigenvalue weighted by molar-refractivity contribution is -0.124. The van der Waals surface area contributed by atoms with Crippen LogP contribution in [0.4, 0.5) is 0 Å². The molecule has 0 aromatic rings. The van der Waals surface area contributed by atoms with Crippen LogP contribution in [0, 0.1) is 5.92 Å². The van der Waals surface area contributed by atoms with Gasteiger partial charge in [-0.1, -0.05) is 13.8 Å². The van der Waals surface area contributed by atoms with Gasteiger partial charge in [-0.25, -0.2) is 0 Å². The van der Waals surface area contributed by atoms with Crippen molar-refractivity contribution in [3.63, 3.8) is 0 Å². The molecule has 0 aromatic carbocycles. The molecule has 0 atom stereocenters. The summed E-state index contributed by atoms with van der Waals surface area (Å²) < 4.78 is 20.5. The lowest BCUT2D eigenvalue weighted by atomic mass is 10.2. The normalized spacial score (nSPS) is 10.3. The van der Waals surface area contributed by atoms with Crippen molar-refractivity contribution in [3.8, 4) is 0 Å². The molecule has 0 fully saturated rings. The standard InChI is InChI=1S/C13H28N2O4.C4H8O2/c1-12(2)13(16)15-5-7-18-9-11-19-10-8-17-6-4-14-3;1-2-6-4-3-5/h12,14H,4-11H2,1-3H3,(H,15,16);3H,2,4H2,1H3. The molecule has 8 nitrogen and oxygen atoms in total. The molecular weight excluding hydrogens is 328 g/mol. The lowest BCUT2D eigenvalue weighted by Crippen LogP contribution is -2.31. The molecule has 1 amide bonds. The zero-order chi connectivity index (χ0) is 19.2. The number of hydrogen-bond acceptors (Lipinski definition) is 7. The van der Waals surface area contributed by atoms with E-state index in [1.165, 1.54) is 0 Å². The van der Waals surface area contributed by atoms with Crippen LogP contribution in [0.2, 0.25) is 0 Å². The third-order valence-electron chi connectivity index (χ3n) is 2.70. The second-order valence-corrected chi connectivity index (χ2v) is 5.21. The molecular formula is C17H36N2O6. The maximum atomic E-state index is 11.2. The molecule has 0 radical (unpaired) electrons. The number of amides is 1. The summed E-state index contributed by atoms with van der Waals surface area (Å²) in [5.74, 6) is 0.0739. The maximum Gasteiger partial charge on any atom is 0.222 e. The molecule has 0 aromatic heterocycles. The molecule has 2 N–H and O–H groups in total. The zero-order valence-corrected chi connectivity index (χ0v) is 16.2. The van der Waals surface area contributed by atoms with Gasteiger partial charge < -0.3 is 34.4 Å². The van der Waals surface area contributed by atoms with Gasteiger partial charge in [0.25, 0.3) is 0 Å². The first-order valence-electron chi connectivity index (χ1n) is 8.77. The molecule has 8 heteroatoms. The number of carbonyl (C=O) groups excluding carboxylic acids is 2. The van der Waals surface area contributed by atoms with Crippen molar-refractivity contribution >= 4 is 12.2 Å². The first kappa shape index (κ1) is 26.2. The topological polar surface area (TPSA) is 95.1 Å². The Morgan fingerprint density at radius 1 is 0.920 bits per heavy atom. The van der Waals surface area contributed by atoms with Crippen LogP contribution in [0.5, 0.6) is 0 Å². The number of hydrogen-bond donors (Lipinski definition) is 2. The fourth-order valence-electron chi connectivity index (χ4n) is 1.33. The highest BCUT2D eigenvalue weighted by Crippen LogP contribution is 1.89. The molecule has 150 valence electrons. The van der Waals surface area contributed by atoms with Crippen LogP contribution in [-0.2, 0) is 28.5 Å². The Morgan fingerprint density at radius 3 is 1.84 bits per heavy atom. The van der Waals surface area contributed by atoms with E-state index < -0.39 is 0 Å². The average molecular weight is 364 g/mol. The van der Waals surface area contributed by atoms with E-state index in [0.717, 1.165) is 12.8 Å². The molecule has 0 aliphatic heterocycles. The molecule has 0 rings (SSSR count). The Labute approximate surface area is 151 Å². The third kappa shape index (κ3) is 25.3. The van der Waals surface area contributed by atoms with Gasteiger partial charge in [-0.05, 0) is 14.0 Å². The van der Waals surface area contributed by atoms with E-state index >= 15 is 0 Å². The van der Waals surface area contributed by atoms with Crippen LogP contribution < -0.4 is 10.6 Å². The Hall–Kier alpha value is -1.06. The van der Waals surface area contributed by atoms with Gasteiger partial charge in [-0.3, -0.25) is 4.79 Å². The van der Waals surface area contributed by atoms with Crippen molar-refractivity contribution in [1.82, 2.24) is 10.6 Å². The summed E-state index contributed by atoms with van der Waals surface area (Å²) in [6, 6.07) is 0. The molecule has 0 spiro atoms. The number of nitrogens with one attached hydrogen (secondary N) is 2. The summed E-state index contributed by atoms with van der Waals surface area (Å²) in [7, 11) is 1.89. The molecule has 0 saturated carbocycles. The number of carbonyl (C=O) groups is 2. The smallest absolute Gasteiger partial charge is 0.222 e. The Kier molecular flexibility index (Phi) is 24.0. The van der Waals surface area contributed by atoms with E-state index in [1.54, 1.807) is 0 Å². The van der Waals surface area contributed by atoms with Gasteiger partial charge in [0.2, 0.25) is 5.91 Å². The van der Waals surface area contributed by atoms with Crippen molar-refractivity contribution in [2.45, 2.75) is 20.8 Å². The highest BCUT2D eigenvalue weighted by Gasteiger charge is 2.04. The predicted octanol–water partition coefficient (Wildman–Crippen LogP) is 0.250. The molecule has 0 aliphatic rings. The second kappa shape index (κ2) is 22.9. The fourth-order valence-corrected chi connectivity index (χ4v) is 1.33. The predicted molar refractivity (Wildman–Crippen MR) is 96.8 cm³/mol. The quantitative estimate of drug-likeness (QED) is 0.299. The van der Waals surface area contributed by atoms with Crippen molar-refractivity contribution in [2.75, 3.05) is 73.0 Å². The lowest BCUT2D eigenvalue weighted by Gasteiger charge is -2.08. The maximum absolute atomic E-state index is 11.2. The average Bonchev–Trinajstić information content (AvgIpc) is 2.61. The number of aldehydes is 1. The van der Waals surface area contributed by atoms with Gasteiger partial charge in [0.15, 0.2) is 0 Å². The van der Waals surface area contributed by atoms with Gasteiger partial charge in [-0.15, -0.1) is 0 Å². The summed E-state index contributed by atoms with van der Waals surface area (Å²) in [6.07, 6.45) is 0.740. The van der Waals surface area contributed by atoms with Crippen LogP contribution in [-0.4, -0.2) is 85.2 Å². The summed E-state index contributed by atoms with van der Waals surface area (Å²) >= 11 is 0. The molecule has 0 saturated heterocycles. The van der Waals surface area contributed by atoms with E-state index in [-0.39, 0.29) is 18.4 Å². The first-order valence-corrected chi connectivity index (χ1v) is 8.77. The van der Waals surface area contributed by atoms with Gasteiger partial charge in [0.1, 0.15) is 12.9 Å². The van der Waals surface area contributed by atoms with Crippen molar-refractivity contribution in [1.29, 1.82) is 0 Å². The van der Waals surface area contributed by atoms with Gasteiger partial charge in [0, 0.05) is 25.6 Å². The van der Waals surface area contributed by atoms with E-state index in [9.17, 15) is 9.59 Å². The summed E-state index contributed by atoms with van der Waals surface area (Å²) in [6.45, 7) is 11.3. The highest BCUT2D eigenvalue weighted by atomic mass is 16.5. The van der Waals surface area contributed by atoms with Crippen LogP contribution in [0.1, 0.15) is 20.8 Å². The van der Waals surface area contributed by atoms with Crippen molar-refractivity contribution in [2.24, 2.45) is 5.92 Å². The Bertz CT molecular complexity index is 290. The summed E-state index contributed by atoms with van der Waals surface area (Å²) in [5, 5.41) is 5.78. The Balaban J connectivity index is 0. The van der Waals surface area contributed by atoms with Crippen LogP contribution >= 0.6 is 0 Å². The largest absolute Gasteiger partial charge is 0.378 e. The fraction of sp³-hybridized carbons (Fsp3) is 0.882. The van der Waals surface area contributed by atoms with E-state index in [1.807, 2.05) is 27.8 Å². The molecule has 0 aliphatic carbocycles. The molecule has 0 unspecified atom stereocenters. The van der Waals surface area contributed by atoms with Crippen LogP contribution in [0.15, 0.2) is 0 Å². The van der Waals surface area contributed by atoms with E-state index in [4.69, 9.17) is 14.2 Å². The minimum atomic E-state index is 0.0197. The number of rotatable bonds is 16. The minimum Gasteiger partial charge on any atom is -0.378 e. The molecule has 0 heterocycles. The second-order valence-electron chi connectivity index (χ2n) is 5.21. The summed E-state index contributed by atoms with van der Waals surface area (Å²) in [4.78, 5) is 20.7. The van der Waals surface area contributed by atoms with Crippen LogP contribution in [0.3, 0.4) is 0 Å². The van der Waals surface area contributed by atoms with Gasteiger partial charge in [0.05, 0.1) is 39.6 Å². The zero-order valence-electron chi connectivity index (χ0n) is 16.2. The first-order chi connectivity index (χ1) is 12.1. The third-order valence-corrected chi connectivity index (χ3v) is 2.70. The number of likely N-dealkylation sites (N-methyl/N-ethyl adjacent to an activating group) is 1. The van der Waals surface area contributed by atoms with E-state index in [0.29, 0.717) is 52.8 Å². The van der Waals surface area contributed by atoms with Crippen molar-refractivity contribution in [3.05, 3.63) is 0 Å². The highest BCUT2D eigenvalue weighted by molar-refractivity contribution is 5.77. The van der Waals surface area contributed by atoms with E-state index in [2.05, 4.69) is 15.4 Å². The van der Waals surface area contributed by atoms with Gasteiger partial charge >= 0.3 is 0 Å². The van der Waals surface area contributed by atoms with Gasteiger partial charge in [-0.2, -0.15) is 0 Å². The number of ether oxygens (including phenoxy) is 4. The Morgan fingerprint density at radius 2 is 1.44 bits per heavy atom. The summed E-state index contributed by atoms with van der Waals surface area (Å²) in [5.41, 5.74) is 0. The molecule has 0 bridgehead atoms. The SMILES string of the molecule is CCOCC=O.CNCCOCCOCCOCCNC(=O)C(C)C. The van der Waals surface area contributed by atoms with Crippen LogP contribution in [0.25, 0.3) is 0 Å². The monoisotopic (exact) mass is 364 g/mol. The van der Waals surface area contributed by atoms with Crippen molar-refractivity contribution < 1.29 is 28.5 Å². The molecule has 25 heavy (non-hydrogen) atoms.